The number of aliphatic hydroxyl groups is 1. The molecule has 4 N–H and O–H groups in total. The van der Waals surface area contributed by atoms with E-state index in [4.69, 9.17) is 10.8 Å². The van der Waals surface area contributed by atoms with Gasteiger partial charge < -0.3 is 10.8 Å². The van der Waals surface area contributed by atoms with Crippen molar-refractivity contribution in [1.82, 2.24) is 0 Å². The summed E-state index contributed by atoms with van der Waals surface area (Å²) in [5.74, 6) is -2.84. The lowest BCUT2D eigenvalue weighted by Crippen LogP contribution is -2.16. The molecule has 0 fully saturated rings. The van der Waals surface area contributed by atoms with Crippen LogP contribution >= 0.6 is 0 Å². The van der Waals surface area contributed by atoms with Crippen molar-refractivity contribution in [3.8, 4) is 0 Å². The summed E-state index contributed by atoms with van der Waals surface area (Å²) in [5, 5.41) is 8.89. The van der Waals surface area contributed by atoms with Crippen molar-refractivity contribution < 1.29 is 22.3 Å². The highest BCUT2D eigenvalue weighted by molar-refractivity contribution is 7.92. The van der Waals surface area contributed by atoms with Gasteiger partial charge in [-0.15, -0.1) is 0 Å². The van der Waals surface area contributed by atoms with Crippen LogP contribution in [0, 0.1) is 11.6 Å². The van der Waals surface area contributed by atoms with Crippen LogP contribution in [0.3, 0.4) is 0 Å². The number of hydrogen-bond acceptors (Lipinski definition) is 4. The van der Waals surface area contributed by atoms with Gasteiger partial charge in [0.05, 0.1) is 6.61 Å². The van der Waals surface area contributed by atoms with Crippen LogP contribution in [0.5, 0.6) is 0 Å². The molecule has 2 rings (SSSR count). The van der Waals surface area contributed by atoms with Crippen LogP contribution in [-0.2, 0) is 16.6 Å². The normalized spacial score (nSPS) is 11.4. The third-order valence-electron chi connectivity index (χ3n) is 2.70. The second-order valence-corrected chi connectivity index (χ2v) is 5.93. The van der Waals surface area contributed by atoms with Gasteiger partial charge in [-0.25, -0.2) is 17.2 Å². The molecule has 0 heterocycles. The molecule has 0 aromatic heterocycles. The van der Waals surface area contributed by atoms with Crippen molar-refractivity contribution in [3.63, 3.8) is 0 Å². The molecule has 112 valence electrons. The minimum atomic E-state index is -4.32. The van der Waals surface area contributed by atoms with Gasteiger partial charge in [-0.05, 0) is 29.8 Å². The molecule has 0 atom stereocenters. The molecule has 0 radical (unpaired) electrons. The zero-order valence-corrected chi connectivity index (χ0v) is 11.5. The molecule has 2 aromatic rings. The van der Waals surface area contributed by atoms with Gasteiger partial charge in [0.25, 0.3) is 10.0 Å². The fourth-order valence-electron chi connectivity index (χ4n) is 1.67. The van der Waals surface area contributed by atoms with Gasteiger partial charge in [0.15, 0.2) is 11.6 Å². The maximum absolute atomic E-state index is 13.6. The maximum atomic E-state index is 13.6. The van der Waals surface area contributed by atoms with Crippen molar-refractivity contribution in [2.24, 2.45) is 0 Å². The number of rotatable bonds is 4. The minimum absolute atomic E-state index is 0.148. The Morgan fingerprint density at radius 2 is 1.76 bits per heavy atom. The predicted molar refractivity (Wildman–Crippen MR) is 73.9 cm³/mol. The van der Waals surface area contributed by atoms with Gasteiger partial charge in [-0.3, -0.25) is 4.72 Å². The maximum Gasteiger partial charge on any atom is 0.265 e. The first kappa shape index (κ1) is 15.2. The molecule has 0 saturated carbocycles. The van der Waals surface area contributed by atoms with Gasteiger partial charge in [-0.2, -0.15) is 0 Å². The molecule has 21 heavy (non-hydrogen) atoms. The molecule has 0 amide bonds. The molecule has 0 unspecified atom stereocenters. The fraction of sp³-hybridized carbons (Fsp3) is 0.0769. The smallest absolute Gasteiger partial charge is 0.265 e. The van der Waals surface area contributed by atoms with E-state index in [9.17, 15) is 17.2 Å². The predicted octanol–water partition coefficient (Wildman–Crippen LogP) is 1.84. The van der Waals surface area contributed by atoms with E-state index in [-0.39, 0.29) is 18.0 Å². The average molecular weight is 314 g/mol. The number of halogens is 2. The first-order valence-electron chi connectivity index (χ1n) is 5.80. The molecule has 0 bridgehead atoms. The molecular formula is C13H12F2N2O3S. The molecule has 0 spiro atoms. The lowest BCUT2D eigenvalue weighted by atomic mass is 10.2. The number of nitrogens with one attached hydrogen (secondary N) is 1. The summed E-state index contributed by atoms with van der Waals surface area (Å²) in [6.45, 7) is -0.192. The van der Waals surface area contributed by atoms with E-state index < -0.39 is 26.6 Å². The second-order valence-electron chi connectivity index (χ2n) is 4.28. The molecule has 8 heteroatoms. The molecular weight excluding hydrogens is 302 g/mol. The van der Waals surface area contributed by atoms with Gasteiger partial charge in [-0.1, -0.05) is 12.1 Å². The Bertz CT molecular complexity index is 762. The average Bonchev–Trinajstić information content (AvgIpc) is 2.43. The summed E-state index contributed by atoms with van der Waals surface area (Å²) in [7, 11) is -4.32. The Morgan fingerprint density at radius 3 is 2.33 bits per heavy atom. The van der Waals surface area contributed by atoms with E-state index in [1.165, 1.54) is 24.3 Å². The van der Waals surface area contributed by atoms with Crippen LogP contribution in [-0.4, -0.2) is 13.5 Å². The molecule has 0 aliphatic carbocycles. The number of nitrogen functional groups attached to an aromatic ring is 1. The van der Waals surface area contributed by atoms with Crippen LogP contribution in [0.15, 0.2) is 41.3 Å². The number of anilines is 2. The van der Waals surface area contributed by atoms with Crippen LogP contribution in [0.25, 0.3) is 0 Å². The molecule has 5 nitrogen and oxygen atoms in total. The highest BCUT2D eigenvalue weighted by Crippen LogP contribution is 2.23. The van der Waals surface area contributed by atoms with Crippen molar-refractivity contribution in [3.05, 3.63) is 53.6 Å². The monoisotopic (exact) mass is 314 g/mol. The topological polar surface area (TPSA) is 92.4 Å². The Balaban J connectivity index is 2.38. The molecule has 0 aliphatic rings. The van der Waals surface area contributed by atoms with E-state index in [0.29, 0.717) is 11.6 Å². The summed E-state index contributed by atoms with van der Waals surface area (Å²) in [6.07, 6.45) is 0. The zero-order chi connectivity index (χ0) is 15.6. The summed E-state index contributed by atoms with van der Waals surface area (Å²) in [4.78, 5) is -0.869. The van der Waals surface area contributed by atoms with Crippen molar-refractivity contribution in [2.45, 2.75) is 11.5 Å². The largest absolute Gasteiger partial charge is 0.399 e. The Labute approximate surface area is 120 Å². The fourth-order valence-corrected chi connectivity index (χ4v) is 2.85. The van der Waals surface area contributed by atoms with Crippen LogP contribution in [0.1, 0.15) is 5.56 Å². The number of sulfonamides is 1. The number of hydrogen-bond donors (Lipinski definition) is 3. The lowest BCUT2D eigenvalue weighted by molar-refractivity contribution is 0.282. The van der Waals surface area contributed by atoms with Crippen LogP contribution in [0.2, 0.25) is 0 Å². The van der Waals surface area contributed by atoms with Gasteiger partial charge in [0.2, 0.25) is 0 Å². The van der Waals surface area contributed by atoms with Crippen molar-refractivity contribution in [2.75, 3.05) is 10.5 Å². The number of benzene rings is 2. The number of nitrogens with two attached hydrogens (primary N) is 1. The van der Waals surface area contributed by atoms with Crippen LogP contribution in [0.4, 0.5) is 20.2 Å². The molecule has 0 aliphatic heterocycles. The highest BCUT2D eigenvalue weighted by atomic mass is 32.2. The SMILES string of the molecule is Nc1cc(F)c(F)c(S(=O)(=O)Nc2ccc(CO)cc2)c1. The summed E-state index contributed by atoms with van der Waals surface area (Å²) >= 11 is 0. The third kappa shape index (κ3) is 3.29. The Morgan fingerprint density at radius 1 is 1.14 bits per heavy atom. The van der Waals surface area contributed by atoms with E-state index in [1.807, 2.05) is 0 Å². The number of aliphatic hydroxyl groups excluding tert-OH is 1. The van der Waals surface area contributed by atoms with E-state index in [1.54, 1.807) is 0 Å². The van der Waals surface area contributed by atoms with Gasteiger partial charge >= 0.3 is 0 Å². The Kier molecular flexibility index (Phi) is 4.10. The third-order valence-corrected chi connectivity index (χ3v) is 4.08. The van der Waals surface area contributed by atoms with Crippen molar-refractivity contribution >= 4 is 21.4 Å². The van der Waals surface area contributed by atoms with Gasteiger partial charge in [0.1, 0.15) is 4.90 Å². The summed E-state index contributed by atoms with van der Waals surface area (Å²) < 4.78 is 53.1. The second kappa shape index (κ2) is 5.66. The molecule has 2 aromatic carbocycles. The van der Waals surface area contributed by atoms with Crippen LogP contribution < -0.4 is 10.5 Å². The van der Waals surface area contributed by atoms with E-state index in [2.05, 4.69) is 4.72 Å². The minimum Gasteiger partial charge on any atom is -0.399 e. The first-order valence-corrected chi connectivity index (χ1v) is 7.29. The summed E-state index contributed by atoms with van der Waals surface area (Å²) in [6, 6.07) is 7.31. The van der Waals surface area contributed by atoms with E-state index in [0.717, 1.165) is 6.07 Å². The first-order chi connectivity index (χ1) is 9.83. The standard InChI is InChI=1S/C13H12F2N2O3S/c14-11-5-9(16)6-12(13(11)15)21(19,20)17-10-3-1-8(7-18)2-4-10/h1-6,17-18H,7,16H2. The van der Waals surface area contributed by atoms with E-state index >= 15 is 0 Å². The zero-order valence-electron chi connectivity index (χ0n) is 10.7. The molecule has 0 saturated heterocycles. The van der Waals surface area contributed by atoms with Crippen molar-refractivity contribution in [1.29, 1.82) is 0 Å². The van der Waals surface area contributed by atoms with Gasteiger partial charge in [0, 0.05) is 11.4 Å². The summed E-state index contributed by atoms with van der Waals surface area (Å²) in [5.41, 5.74) is 5.86. The lowest BCUT2D eigenvalue weighted by Gasteiger charge is -2.10. The quantitative estimate of drug-likeness (QED) is 0.751. The highest BCUT2D eigenvalue weighted by Gasteiger charge is 2.22. The Hall–Kier alpha value is -2.19.